The summed E-state index contributed by atoms with van der Waals surface area (Å²) in [5, 5.41) is 16.2. The summed E-state index contributed by atoms with van der Waals surface area (Å²) in [4.78, 5) is 29.8. The molecule has 1 aliphatic heterocycles. The first-order valence-corrected chi connectivity index (χ1v) is 8.93. The van der Waals surface area contributed by atoms with Crippen LogP contribution < -0.4 is 5.32 Å². The molecule has 134 valence electrons. The Bertz CT molecular complexity index is 785. The number of carboxylic acid groups (broad SMARTS) is 1. The molecular weight excluding hydrogens is 344 g/mol. The van der Waals surface area contributed by atoms with Gasteiger partial charge in [-0.2, -0.15) is 0 Å². The first-order valence-electron chi connectivity index (χ1n) is 8.12. The molecular formula is C16H20N4O4S. The first kappa shape index (κ1) is 17.6. The van der Waals surface area contributed by atoms with Crippen LogP contribution in [0.5, 0.6) is 0 Å². The molecule has 2 N–H and O–H groups in total. The van der Waals surface area contributed by atoms with Crippen LogP contribution in [0.2, 0.25) is 0 Å². The van der Waals surface area contributed by atoms with Crippen molar-refractivity contribution in [1.82, 2.24) is 15.0 Å². The summed E-state index contributed by atoms with van der Waals surface area (Å²) in [5.41, 5.74) is 1.25. The SMILES string of the molecule is Cc1cc(C2CCCCN2CC(=O)Nc2nc(C)c(C(=O)O)s2)no1. The highest BCUT2D eigenvalue weighted by atomic mass is 32.1. The molecule has 0 aromatic carbocycles. The van der Waals surface area contributed by atoms with Crippen LogP contribution in [0.1, 0.15) is 52.1 Å². The third-order valence-electron chi connectivity index (χ3n) is 4.19. The number of aryl methyl sites for hydroxylation is 2. The fourth-order valence-electron chi connectivity index (χ4n) is 3.05. The van der Waals surface area contributed by atoms with Crippen molar-refractivity contribution in [3.05, 3.63) is 28.1 Å². The number of rotatable bonds is 5. The molecule has 25 heavy (non-hydrogen) atoms. The monoisotopic (exact) mass is 364 g/mol. The molecule has 2 aromatic heterocycles. The van der Waals surface area contributed by atoms with Crippen LogP contribution in [0.3, 0.4) is 0 Å². The summed E-state index contributed by atoms with van der Waals surface area (Å²) in [7, 11) is 0. The molecule has 0 radical (unpaired) electrons. The number of piperidine rings is 1. The first-order chi connectivity index (χ1) is 11.9. The molecule has 8 nitrogen and oxygen atoms in total. The lowest BCUT2D eigenvalue weighted by atomic mass is 9.99. The second-order valence-electron chi connectivity index (χ2n) is 6.13. The third kappa shape index (κ3) is 4.05. The van der Waals surface area contributed by atoms with Crippen LogP contribution in [0.4, 0.5) is 5.13 Å². The minimum atomic E-state index is -1.03. The predicted molar refractivity (Wildman–Crippen MR) is 91.8 cm³/mol. The lowest BCUT2D eigenvalue weighted by molar-refractivity contribution is -0.118. The summed E-state index contributed by atoms with van der Waals surface area (Å²) in [6.07, 6.45) is 3.04. The molecule has 1 unspecified atom stereocenters. The van der Waals surface area contributed by atoms with E-state index in [2.05, 4.69) is 20.4 Å². The number of likely N-dealkylation sites (tertiary alicyclic amines) is 1. The van der Waals surface area contributed by atoms with Crippen molar-refractivity contribution in [3.63, 3.8) is 0 Å². The number of carboxylic acids is 1. The number of anilines is 1. The van der Waals surface area contributed by atoms with Crippen molar-refractivity contribution in [3.8, 4) is 0 Å². The maximum absolute atomic E-state index is 12.4. The van der Waals surface area contributed by atoms with Crippen molar-refractivity contribution < 1.29 is 19.2 Å². The predicted octanol–water partition coefficient (Wildman–Crippen LogP) is 2.61. The Labute approximate surface area is 148 Å². The summed E-state index contributed by atoms with van der Waals surface area (Å²) in [6.45, 7) is 4.48. The molecule has 1 aliphatic rings. The van der Waals surface area contributed by atoms with Gasteiger partial charge in [-0.3, -0.25) is 9.69 Å². The normalized spacial score (nSPS) is 18.2. The minimum Gasteiger partial charge on any atom is -0.477 e. The number of aromatic nitrogens is 2. The van der Waals surface area contributed by atoms with E-state index in [9.17, 15) is 9.59 Å². The summed E-state index contributed by atoms with van der Waals surface area (Å²) in [6, 6.07) is 1.97. The largest absolute Gasteiger partial charge is 0.477 e. The number of hydrogen-bond acceptors (Lipinski definition) is 7. The number of carbonyl (C=O) groups excluding carboxylic acids is 1. The smallest absolute Gasteiger partial charge is 0.347 e. The molecule has 1 fully saturated rings. The number of amides is 1. The van der Waals surface area contributed by atoms with Gasteiger partial charge in [-0.15, -0.1) is 0 Å². The third-order valence-corrected chi connectivity index (χ3v) is 5.25. The molecule has 1 amide bonds. The second kappa shape index (κ2) is 7.32. The highest BCUT2D eigenvalue weighted by molar-refractivity contribution is 7.17. The average Bonchev–Trinajstić information content (AvgIpc) is 3.13. The zero-order valence-electron chi connectivity index (χ0n) is 14.1. The van der Waals surface area contributed by atoms with E-state index in [0.717, 1.165) is 48.6 Å². The Morgan fingerprint density at radius 1 is 1.44 bits per heavy atom. The minimum absolute atomic E-state index is 0.0598. The van der Waals surface area contributed by atoms with E-state index < -0.39 is 5.97 Å². The van der Waals surface area contributed by atoms with E-state index >= 15 is 0 Å². The maximum Gasteiger partial charge on any atom is 0.347 e. The van der Waals surface area contributed by atoms with Gasteiger partial charge >= 0.3 is 5.97 Å². The quantitative estimate of drug-likeness (QED) is 0.839. The standard InChI is InChI=1S/C16H20N4O4S/c1-9-7-11(19-24-9)12-5-3-4-6-20(12)8-13(21)18-16-17-10(2)14(25-16)15(22)23/h7,12H,3-6,8H2,1-2H3,(H,22,23)(H,17,18,21). The van der Waals surface area contributed by atoms with Gasteiger partial charge in [0.1, 0.15) is 16.3 Å². The van der Waals surface area contributed by atoms with Crippen LogP contribution in [0.25, 0.3) is 0 Å². The maximum atomic E-state index is 12.4. The zero-order valence-corrected chi connectivity index (χ0v) is 14.9. The van der Waals surface area contributed by atoms with Gasteiger partial charge in [0, 0.05) is 6.07 Å². The van der Waals surface area contributed by atoms with Gasteiger partial charge in [0.05, 0.1) is 18.3 Å². The van der Waals surface area contributed by atoms with Crippen molar-refractivity contribution in [2.45, 2.75) is 39.2 Å². The van der Waals surface area contributed by atoms with E-state index in [1.54, 1.807) is 6.92 Å². The molecule has 1 atom stereocenters. The van der Waals surface area contributed by atoms with Gasteiger partial charge in [-0.05, 0) is 33.2 Å². The van der Waals surface area contributed by atoms with Crippen LogP contribution in [-0.4, -0.2) is 45.1 Å². The van der Waals surface area contributed by atoms with Gasteiger partial charge < -0.3 is 14.9 Å². The van der Waals surface area contributed by atoms with Gasteiger partial charge in [0.25, 0.3) is 0 Å². The van der Waals surface area contributed by atoms with Crippen molar-refractivity contribution in [1.29, 1.82) is 0 Å². The zero-order chi connectivity index (χ0) is 18.0. The Balaban J connectivity index is 1.66. The lowest BCUT2D eigenvalue weighted by Gasteiger charge is -2.33. The van der Waals surface area contributed by atoms with Gasteiger partial charge in [-0.25, -0.2) is 9.78 Å². The Morgan fingerprint density at radius 3 is 2.88 bits per heavy atom. The highest BCUT2D eigenvalue weighted by Gasteiger charge is 2.28. The number of nitrogens with one attached hydrogen (secondary N) is 1. The van der Waals surface area contributed by atoms with Crippen molar-refractivity contribution in [2.24, 2.45) is 0 Å². The van der Waals surface area contributed by atoms with E-state index in [1.807, 2.05) is 13.0 Å². The summed E-state index contributed by atoms with van der Waals surface area (Å²) in [5.74, 6) is -0.491. The van der Waals surface area contributed by atoms with Crippen LogP contribution in [-0.2, 0) is 4.79 Å². The molecule has 0 aliphatic carbocycles. The molecule has 3 heterocycles. The number of hydrogen-bond donors (Lipinski definition) is 2. The highest BCUT2D eigenvalue weighted by Crippen LogP contribution is 2.30. The van der Waals surface area contributed by atoms with Crippen molar-refractivity contribution >= 4 is 28.3 Å². The van der Waals surface area contributed by atoms with Crippen LogP contribution in [0.15, 0.2) is 10.6 Å². The summed E-state index contributed by atoms with van der Waals surface area (Å²) < 4.78 is 5.16. The van der Waals surface area contributed by atoms with Gasteiger partial charge in [-0.1, -0.05) is 22.9 Å². The van der Waals surface area contributed by atoms with Crippen molar-refractivity contribution in [2.75, 3.05) is 18.4 Å². The molecule has 3 rings (SSSR count). The Kier molecular flexibility index (Phi) is 5.14. The van der Waals surface area contributed by atoms with Gasteiger partial charge in [0.2, 0.25) is 5.91 Å². The fourth-order valence-corrected chi connectivity index (χ4v) is 3.87. The second-order valence-corrected chi connectivity index (χ2v) is 7.13. The van der Waals surface area contributed by atoms with Crippen LogP contribution >= 0.6 is 11.3 Å². The molecule has 2 aromatic rings. The van der Waals surface area contributed by atoms with Gasteiger partial charge in [0.15, 0.2) is 5.13 Å². The Morgan fingerprint density at radius 2 is 2.24 bits per heavy atom. The number of aromatic carboxylic acids is 1. The molecule has 1 saturated heterocycles. The number of nitrogens with zero attached hydrogens (tertiary/aromatic N) is 3. The lowest BCUT2D eigenvalue weighted by Crippen LogP contribution is -2.39. The van der Waals surface area contributed by atoms with E-state index in [1.165, 1.54) is 0 Å². The van der Waals surface area contributed by atoms with E-state index in [0.29, 0.717) is 10.8 Å². The molecule has 9 heteroatoms. The molecule has 0 saturated carbocycles. The molecule has 0 bridgehead atoms. The Hall–Kier alpha value is -2.26. The number of carbonyl (C=O) groups is 2. The average molecular weight is 364 g/mol. The fraction of sp³-hybridized carbons (Fsp3) is 0.500. The summed E-state index contributed by atoms with van der Waals surface area (Å²) >= 11 is 0.970. The van der Waals surface area contributed by atoms with E-state index in [4.69, 9.17) is 9.63 Å². The number of thiazole rings is 1. The topological polar surface area (TPSA) is 109 Å². The van der Waals surface area contributed by atoms with E-state index in [-0.39, 0.29) is 23.4 Å². The molecule has 0 spiro atoms. The van der Waals surface area contributed by atoms with Crippen LogP contribution in [0, 0.1) is 13.8 Å².